The first kappa shape index (κ1) is 12.0. The Bertz CT molecular complexity index is 699. The molecule has 2 aromatic rings. The van der Waals surface area contributed by atoms with Crippen molar-refractivity contribution in [1.29, 1.82) is 0 Å². The van der Waals surface area contributed by atoms with Crippen LogP contribution in [0.25, 0.3) is 10.8 Å². The SMILES string of the molecule is O=C1CCN([C@@H]2Cc3ccc(F)c4cccc2c34)CC1. The number of hydrogen-bond acceptors (Lipinski definition) is 2. The van der Waals surface area contributed by atoms with Crippen LogP contribution in [0.4, 0.5) is 4.39 Å². The molecule has 2 aliphatic rings. The molecule has 1 fully saturated rings. The van der Waals surface area contributed by atoms with Crippen LogP contribution in [-0.4, -0.2) is 23.8 Å². The molecule has 0 amide bonds. The lowest BCUT2D eigenvalue weighted by atomic mass is 10.0. The molecule has 3 heteroatoms. The Kier molecular flexibility index (Phi) is 2.64. The summed E-state index contributed by atoms with van der Waals surface area (Å²) in [6, 6.07) is 9.71. The van der Waals surface area contributed by atoms with E-state index >= 15 is 0 Å². The van der Waals surface area contributed by atoms with Gasteiger partial charge in [0.2, 0.25) is 0 Å². The van der Waals surface area contributed by atoms with Crippen molar-refractivity contribution >= 4 is 16.6 Å². The molecule has 0 unspecified atom stereocenters. The third-order valence-electron chi connectivity index (χ3n) is 4.67. The van der Waals surface area contributed by atoms with E-state index in [0.717, 1.165) is 30.3 Å². The number of halogens is 1. The fraction of sp³-hybridized carbons (Fsp3) is 0.353. The van der Waals surface area contributed by atoms with Gasteiger partial charge in [-0.15, -0.1) is 0 Å². The van der Waals surface area contributed by atoms with Crippen LogP contribution in [0, 0.1) is 5.82 Å². The maximum absolute atomic E-state index is 13.9. The third-order valence-corrected chi connectivity index (χ3v) is 4.67. The Hall–Kier alpha value is -1.74. The van der Waals surface area contributed by atoms with Gasteiger partial charge in [-0.05, 0) is 29.0 Å². The van der Waals surface area contributed by atoms with Gasteiger partial charge in [0, 0.05) is 37.4 Å². The summed E-state index contributed by atoms with van der Waals surface area (Å²) in [6.07, 6.45) is 2.23. The zero-order valence-corrected chi connectivity index (χ0v) is 11.2. The molecule has 20 heavy (non-hydrogen) atoms. The minimum atomic E-state index is -0.139. The van der Waals surface area contributed by atoms with Gasteiger partial charge in [0.05, 0.1) is 0 Å². The average molecular weight is 269 g/mol. The van der Waals surface area contributed by atoms with Crippen molar-refractivity contribution in [1.82, 2.24) is 4.90 Å². The van der Waals surface area contributed by atoms with Gasteiger partial charge in [0.25, 0.3) is 0 Å². The van der Waals surface area contributed by atoms with E-state index in [1.54, 1.807) is 6.07 Å². The van der Waals surface area contributed by atoms with Gasteiger partial charge < -0.3 is 0 Å². The highest BCUT2D eigenvalue weighted by Crippen LogP contribution is 2.41. The van der Waals surface area contributed by atoms with Gasteiger partial charge in [0.1, 0.15) is 11.6 Å². The highest BCUT2D eigenvalue weighted by atomic mass is 19.1. The summed E-state index contributed by atoms with van der Waals surface area (Å²) in [5, 5.41) is 1.82. The number of carbonyl (C=O) groups excluding carboxylic acids is 1. The van der Waals surface area contributed by atoms with Crippen LogP contribution in [-0.2, 0) is 11.2 Å². The fourth-order valence-corrected chi connectivity index (χ4v) is 3.65. The second-order valence-electron chi connectivity index (χ2n) is 5.77. The number of nitrogens with zero attached hydrogens (tertiary/aromatic N) is 1. The third kappa shape index (κ3) is 1.70. The van der Waals surface area contributed by atoms with E-state index in [9.17, 15) is 9.18 Å². The summed E-state index contributed by atoms with van der Waals surface area (Å²) in [7, 11) is 0. The second-order valence-corrected chi connectivity index (χ2v) is 5.77. The number of hydrogen-bond donors (Lipinski definition) is 0. The van der Waals surface area contributed by atoms with E-state index in [1.807, 2.05) is 18.2 Å². The molecular weight excluding hydrogens is 253 g/mol. The summed E-state index contributed by atoms with van der Waals surface area (Å²) in [5.74, 6) is 0.223. The Labute approximate surface area is 117 Å². The molecule has 0 aromatic heterocycles. The molecule has 2 aromatic carbocycles. The van der Waals surface area contributed by atoms with Crippen LogP contribution in [0.3, 0.4) is 0 Å². The van der Waals surface area contributed by atoms with Crippen LogP contribution < -0.4 is 0 Å². The number of ketones is 1. The maximum Gasteiger partial charge on any atom is 0.135 e. The predicted molar refractivity (Wildman–Crippen MR) is 76.2 cm³/mol. The van der Waals surface area contributed by atoms with Gasteiger partial charge in [0.15, 0.2) is 0 Å². The molecule has 0 spiro atoms. The molecule has 0 N–H and O–H groups in total. The largest absolute Gasteiger partial charge is 0.300 e. The molecule has 0 saturated carbocycles. The van der Waals surface area contributed by atoms with Gasteiger partial charge in [-0.2, -0.15) is 0 Å². The first-order chi connectivity index (χ1) is 9.74. The molecule has 2 nitrogen and oxygen atoms in total. The number of likely N-dealkylation sites (tertiary alicyclic amines) is 1. The zero-order chi connectivity index (χ0) is 13.7. The molecule has 1 saturated heterocycles. The van der Waals surface area contributed by atoms with Crippen molar-refractivity contribution in [3.05, 3.63) is 47.3 Å². The lowest BCUT2D eigenvalue weighted by molar-refractivity contribution is -0.121. The minimum Gasteiger partial charge on any atom is -0.300 e. The molecule has 4 rings (SSSR count). The van der Waals surface area contributed by atoms with Crippen molar-refractivity contribution in [2.45, 2.75) is 25.3 Å². The van der Waals surface area contributed by atoms with Crippen LogP contribution in [0.15, 0.2) is 30.3 Å². The topological polar surface area (TPSA) is 20.3 Å². The van der Waals surface area contributed by atoms with Crippen LogP contribution >= 0.6 is 0 Å². The van der Waals surface area contributed by atoms with Gasteiger partial charge >= 0.3 is 0 Å². The summed E-state index contributed by atoms with van der Waals surface area (Å²) >= 11 is 0. The first-order valence-electron chi connectivity index (χ1n) is 7.20. The van der Waals surface area contributed by atoms with E-state index in [1.165, 1.54) is 11.1 Å². The summed E-state index contributed by atoms with van der Waals surface area (Å²) < 4.78 is 13.9. The summed E-state index contributed by atoms with van der Waals surface area (Å²) in [6.45, 7) is 1.66. The summed E-state index contributed by atoms with van der Waals surface area (Å²) in [5.41, 5.74) is 2.46. The van der Waals surface area contributed by atoms with E-state index in [2.05, 4.69) is 11.0 Å². The normalized spacial score (nSPS) is 22.6. The monoisotopic (exact) mass is 269 g/mol. The predicted octanol–water partition coefficient (Wildman–Crippen LogP) is 3.24. The van der Waals surface area contributed by atoms with Gasteiger partial charge in [-0.25, -0.2) is 4.39 Å². The second kappa shape index (κ2) is 4.38. The molecule has 1 heterocycles. The molecular formula is C17H16FNO. The van der Waals surface area contributed by atoms with E-state index in [0.29, 0.717) is 24.7 Å². The van der Waals surface area contributed by atoms with Crippen LogP contribution in [0.2, 0.25) is 0 Å². The van der Waals surface area contributed by atoms with Crippen molar-refractivity contribution in [3.63, 3.8) is 0 Å². The Morgan fingerprint density at radius 1 is 1.10 bits per heavy atom. The van der Waals surface area contributed by atoms with E-state index < -0.39 is 0 Å². The minimum absolute atomic E-state index is 0.139. The number of benzene rings is 2. The molecule has 0 bridgehead atoms. The van der Waals surface area contributed by atoms with Gasteiger partial charge in [-0.1, -0.05) is 24.3 Å². The van der Waals surface area contributed by atoms with E-state index in [-0.39, 0.29) is 5.82 Å². The molecule has 1 aliphatic carbocycles. The van der Waals surface area contributed by atoms with Crippen LogP contribution in [0.1, 0.15) is 30.0 Å². The van der Waals surface area contributed by atoms with Crippen molar-refractivity contribution < 1.29 is 9.18 Å². The van der Waals surface area contributed by atoms with Crippen molar-refractivity contribution in [2.75, 3.05) is 13.1 Å². The van der Waals surface area contributed by atoms with Gasteiger partial charge in [-0.3, -0.25) is 9.69 Å². The Morgan fingerprint density at radius 2 is 1.90 bits per heavy atom. The highest BCUT2D eigenvalue weighted by Gasteiger charge is 2.31. The molecule has 0 radical (unpaired) electrons. The molecule has 1 aliphatic heterocycles. The number of piperidine rings is 1. The standard InChI is InChI=1S/C17H16FNO/c18-15-5-4-11-10-16(19-8-6-12(20)7-9-19)14-3-1-2-13(15)17(11)14/h1-5,16H,6-10H2/t16-/m1/s1. The smallest absolute Gasteiger partial charge is 0.135 e. The Balaban J connectivity index is 1.78. The van der Waals surface area contributed by atoms with Crippen molar-refractivity contribution in [2.24, 2.45) is 0 Å². The number of carbonyl (C=O) groups is 1. The van der Waals surface area contributed by atoms with Crippen LogP contribution in [0.5, 0.6) is 0 Å². The quantitative estimate of drug-likeness (QED) is 0.792. The zero-order valence-electron chi connectivity index (χ0n) is 11.2. The maximum atomic E-state index is 13.9. The lowest BCUT2D eigenvalue weighted by Gasteiger charge is -2.32. The average Bonchev–Trinajstić information content (AvgIpc) is 2.84. The molecule has 1 atom stereocenters. The number of Topliss-reactive ketones (excluding diaryl/α,β-unsaturated/α-hetero) is 1. The lowest BCUT2D eigenvalue weighted by Crippen LogP contribution is -2.36. The highest BCUT2D eigenvalue weighted by molar-refractivity contribution is 5.92. The summed E-state index contributed by atoms with van der Waals surface area (Å²) in [4.78, 5) is 13.8. The first-order valence-corrected chi connectivity index (χ1v) is 7.20. The Morgan fingerprint density at radius 3 is 2.70 bits per heavy atom. The van der Waals surface area contributed by atoms with E-state index in [4.69, 9.17) is 0 Å². The fourth-order valence-electron chi connectivity index (χ4n) is 3.65. The molecule has 102 valence electrons. The van der Waals surface area contributed by atoms with Crippen molar-refractivity contribution in [3.8, 4) is 0 Å². The number of rotatable bonds is 1.